The van der Waals surface area contributed by atoms with Crippen molar-refractivity contribution in [3.63, 3.8) is 0 Å². The number of alkyl carbamates (subject to hydrolysis) is 1. The molecule has 0 saturated carbocycles. The van der Waals surface area contributed by atoms with Gasteiger partial charge in [-0.25, -0.2) is 14.6 Å². The quantitative estimate of drug-likeness (QED) is 0.303. The molecule has 0 fully saturated rings. The Labute approximate surface area is 239 Å². The van der Waals surface area contributed by atoms with Gasteiger partial charge in [0.25, 0.3) is 5.56 Å². The predicted octanol–water partition coefficient (Wildman–Crippen LogP) is 3.80. The second-order valence-corrected chi connectivity index (χ2v) is 10.6. The number of esters is 1. The summed E-state index contributed by atoms with van der Waals surface area (Å²) in [5.74, 6) is 0.302. The fourth-order valence-corrected chi connectivity index (χ4v) is 6.01. The topological polar surface area (TPSA) is 138 Å². The van der Waals surface area contributed by atoms with Gasteiger partial charge >= 0.3 is 12.1 Å². The number of carbonyl (C=O) groups excluding carboxylic acids is 2. The van der Waals surface area contributed by atoms with Gasteiger partial charge in [-0.2, -0.15) is 0 Å². The number of nitrogens with one attached hydrogen (secondary N) is 1. The zero-order valence-corrected chi connectivity index (χ0v) is 22.9. The first kappa shape index (κ1) is 26.0. The van der Waals surface area contributed by atoms with E-state index in [0.29, 0.717) is 28.4 Å². The zero-order chi connectivity index (χ0) is 29.2. The molecule has 0 saturated heterocycles. The highest BCUT2D eigenvalue weighted by Crippen LogP contribution is 2.44. The summed E-state index contributed by atoms with van der Waals surface area (Å²) < 4.78 is 23.5. The summed E-state index contributed by atoms with van der Waals surface area (Å²) in [4.78, 5) is 44.1. The van der Waals surface area contributed by atoms with Crippen LogP contribution in [0.15, 0.2) is 53.3 Å². The second-order valence-electron chi connectivity index (χ2n) is 10.6. The van der Waals surface area contributed by atoms with Crippen LogP contribution in [0.3, 0.4) is 0 Å². The van der Waals surface area contributed by atoms with Crippen molar-refractivity contribution in [1.82, 2.24) is 14.9 Å². The summed E-state index contributed by atoms with van der Waals surface area (Å²) in [7, 11) is 0. The van der Waals surface area contributed by atoms with E-state index in [9.17, 15) is 19.5 Å². The Bertz CT molecular complexity index is 1850. The van der Waals surface area contributed by atoms with Crippen molar-refractivity contribution in [3.05, 3.63) is 86.7 Å². The molecule has 1 amide bonds. The molecule has 7 rings (SSSR count). The first-order valence-electron chi connectivity index (χ1n) is 13.7. The molecular weight excluding hydrogens is 542 g/mol. The van der Waals surface area contributed by atoms with E-state index in [4.69, 9.17) is 23.9 Å². The molecule has 11 heteroatoms. The van der Waals surface area contributed by atoms with Crippen LogP contribution in [0.1, 0.15) is 54.1 Å². The number of amides is 1. The van der Waals surface area contributed by atoms with Crippen molar-refractivity contribution < 1.29 is 33.6 Å². The van der Waals surface area contributed by atoms with Crippen LogP contribution < -0.4 is 20.3 Å². The van der Waals surface area contributed by atoms with Crippen LogP contribution in [0.2, 0.25) is 0 Å². The Kier molecular flexibility index (Phi) is 5.94. The summed E-state index contributed by atoms with van der Waals surface area (Å²) in [6.45, 7) is 3.64. The van der Waals surface area contributed by atoms with Gasteiger partial charge in [-0.15, -0.1) is 0 Å². The third-order valence-corrected chi connectivity index (χ3v) is 8.21. The number of hydrogen-bond donors (Lipinski definition) is 2. The summed E-state index contributed by atoms with van der Waals surface area (Å²) in [6.07, 6.45) is -0.557. The van der Waals surface area contributed by atoms with Gasteiger partial charge in [0, 0.05) is 22.6 Å². The molecule has 2 atom stereocenters. The zero-order valence-electron chi connectivity index (χ0n) is 22.9. The van der Waals surface area contributed by atoms with E-state index in [2.05, 4.69) is 5.32 Å². The minimum absolute atomic E-state index is 0.0422. The molecule has 2 aromatic heterocycles. The third kappa shape index (κ3) is 3.92. The van der Waals surface area contributed by atoms with Crippen LogP contribution in [0.4, 0.5) is 4.79 Å². The highest BCUT2D eigenvalue weighted by molar-refractivity contribution is 5.92. The number of nitrogens with zero attached hydrogens (tertiary/aromatic N) is 2. The second kappa shape index (κ2) is 9.59. The molecule has 5 heterocycles. The molecule has 3 aliphatic rings. The molecule has 2 aromatic carbocycles. The summed E-state index contributed by atoms with van der Waals surface area (Å²) in [6, 6.07) is 14.1. The van der Waals surface area contributed by atoms with Crippen molar-refractivity contribution in [2.45, 2.75) is 51.7 Å². The van der Waals surface area contributed by atoms with Gasteiger partial charge in [0.05, 0.1) is 35.1 Å². The third-order valence-electron chi connectivity index (χ3n) is 8.21. The summed E-state index contributed by atoms with van der Waals surface area (Å²) >= 11 is 0. The fourth-order valence-electron chi connectivity index (χ4n) is 6.01. The molecule has 0 radical (unpaired) electrons. The SMILES string of the molecule is CC[C@@]1(O)C(=O)OCc2c1cc1n(c2=O)Cc2c-1nc1cc3c(cc1c2[C@@H](C)NC(=O)OCc1ccccc1)OCO3. The van der Waals surface area contributed by atoms with Gasteiger partial charge in [-0.1, -0.05) is 37.3 Å². The normalized spacial score (nSPS) is 18.6. The van der Waals surface area contributed by atoms with E-state index < -0.39 is 23.7 Å². The van der Waals surface area contributed by atoms with Crippen LogP contribution >= 0.6 is 0 Å². The fraction of sp³-hybridized carbons (Fsp3) is 0.290. The minimum Gasteiger partial charge on any atom is -0.458 e. The Balaban J connectivity index is 1.34. The van der Waals surface area contributed by atoms with Gasteiger partial charge in [0.1, 0.15) is 13.2 Å². The number of pyridine rings is 2. The van der Waals surface area contributed by atoms with Crippen molar-refractivity contribution >= 4 is 23.0 Å². The molecule has 0 unspecified atom stereocenters. The smallest absolute Gasteiger partial charge is 0.407 e. The van der Waals surface area contributed by atoms with Crippen LogP contribution in [0.25, 0.3) is 22.3 Å². The first-order chi connectivity index (χ1) is 20.3. The molecule has 0 bridgehead atoms. The largest absolute Gasteiger partial charge is 0.458 e. The maximum atomic E-state index is 13.7. The van der Waals surface area contributed by atoms with Crippen molar-refractivity contribution in [2.75, 3.05) is 6.79 Å². The summed E-state index contributed by atoms with van der Waals surface area (Å²) in [5.41, 5.74) is 2.04. The van der Waals surface area contributed by atoms with Gasteiger partial charge in [0.15, 0.2) is 17.1 Å². The minimum atomic E-state index is -1.94. The predicted molar refractivity (Wildman–Crippen MR) is 149 cm³/mol. The number of benzene rings is 2. The number of rotatable bonds is 5. The van der Waals surface area contributed by atoms with E-state index in [1.807, 2.05) is 43.3 Å². The van der Waals surface area contributed by atoms with Crippen molar-refractivity contribution in [3.8, 4) is 22.9 Å². The monoisotopic (exact) mass is 569 g/mol. The lowest BCUT2D eigenvalue weighted by molar-refractivity contribution is -0.172. The van der Waals surface area contributed by atoms with Gasteiger partial charge in [0.2, 0.25) is 6.79 Å². The standard InChI is InChI=1S/C31H27N3O8/c1-3-31(38)21-10-23-27-19(12-34(23)28(35)20(21)14-39-29(31)36)26(18-9-24-25(42-15-41-24)11-22(18)33-27)16(2)32-30(37)40-13-17-7-5-4-6-8-17/h4-11,16,38H,3,12-15H2,1-2H3,(H,32,37)/t16-,31+/m1/s1. The molecule has 11 nitrogen and oxygen atoms in total. The number of carbonyl (C=O) groups is 2. The number of cyclic esters (lactones) is 1. The number of aromatic nitrogens is 2. The maximum absolute atomic E-state index is 13.7. The average Bonchev–Trinajstić information content (AvgIpc) is 3.60. The Hall–Kier alpha value is -4.90. The summed E-state index contributed by atoms with van der Waals surface area (Å²) in [5, 5.41) is 14.9. The first-order valence-corrected chi connectivity index (χ1v) is 13.7. The Morgan fingerprint density at radius 2 is 1.88 bits per heavy atom. The lowest BCUT2D eigenvalue weighted by Crippen LogP contribution is -2.44. The highest BCUT2D eigenvalue weighted by atomic mass is 16.7. The Morgan fingerprint density at radius 1 is 1.12 bits per heavy atom. The number of fused-ring (bicyclic) bond motifs is 6. The molecule has 42 heavy (non-hydrogen) atoms. The molecule has 214 valence electrons. The van der Waals surface area contributed by atoms with Crippen LogP contribution in [0.5, 0.6) is 11.5 Å². The molecule has 0 aliphatic carbocycles. The van der Waals surface area contributed by atoms with E-state index >= 15 is 0 Å². The molecular formula is C31H27N3O8. The van der Waals surface area contributed by atoms with Crippen molar-refractivity contribution in [2.24, 2.45) is 0 Å². The molecule has 0 spiro atoms. The van der Waals surface area contributed by atoms with Crippen LogP contribution in [0, 0.1) is 0 Å². The van der Waals surface area contributed by atoms with E-state index in [1.165, 1.54) is 0 Å². The molecule has 4 aromatic rings. The van der Waals surface area contributed by atoms with Crippen LogP contribution in [-0.2, 0) is 39.6 Å². The number of hydrogen-bond acceptors (Lipinski definition) is 9. The van der Waals surface area contributed by atoms with Crippen LogP contribution in [-0.4, -0.2) is 33.5 Å². The molecule has 3 aliphatic heterocycles. The van der Waals surface area contributed by atoms with Gasteiger partial charge in [-0.05, 0) is 36.6 Å². The maximum Gasteiger partial charge on any atom is 0.407 e. The van der Waals surface area contributed by atoms with Crippen molar-refractivity contribution in [1.29, 1.82) is 0 Å². The number of aliphatic hydroxyl groups is 1. The highest BCUT2D eigenvalue weighted by Gasteiger charge is 2.45. The van der Waals surface area contributed by atoms with E-state index in [1.54, 1.807) is 23.6 Å². The van der Waals surface area contributed by atoms with Gasteiger partial charge in [-0.3, -0.25) is 4.79 Å². The number of ether oxygens (including phenoxy) is 4. The van der Waals surface area contributed by atoms with Gasteiger partial charge < -0.3 is 33.9 Å². The lowest BCUT2D eigenvalue weighted by Gasteiger charge is -2.31. The molecule has 2 N–H and O–H groups in total. The average molecular weight is 570 g/mol. The van der Waals surface area contributed by atoms with E-state index in [0.717, 1.165) is 22.1 Å². The lowest BCUT2D eigenvalue weighted by atomic mass is 9.86. The van der Waals surface area contributed by atoms with E-state index in [-0.39, 0.29) is 49.7 Å². The Morgan fingerprint density at radius 3 is 2.64 bits per heavy atom.